The van der Waals surface area contributed by atoms with Crippen LogP contribution in [0.5, 0.6) is 0 Å². The maximum atomic E-state index is 13.2. The summed E-state index contributed by atoms with van der Waals surface area (Å²) in [5.41, 5.74) is 2.66. The van der Waals surface area contributed by atoms with Crippen LogP contribution in [0.1, 0.15) is 28.1 Å². The van der Waals surface area contributed by atoms with E-state index in [1.165, 1.54) is 0 Å². The maximum absolute atomic E-state index is 13.2. The summed E-state index contributed by atoms with van der Waals surface area (Å²) < 4.78 is 10.9. The van der Waals surface area contributed by atoms with Gasteiger partial charge >= 0.3 is 0 Å². The zero-order valence-electron chi connectivity index (χ0n) is 16.6. The highest BCUT2D eigenvalue weighted by Gasteiger charge is 2.30. The predicted molar refractivity (Wildman–Crippen MR) is 109 cm³/mol. The molecule has 2 aromatic heterocycles. The molecule has 0 radical (unpaired) electrons. The van der Waals surface area contributed by atoms with Gasteiger partial charge in [-0.3, -0.25) is 9.69 Å². The number of carbonyl (C=O) groups excluding carboxylic acids is 1. The van der Waals surface area contributed by atoms with Crippen LogP contribution in [0.2, 0.25) is 0 Å². The third kappa shape index (κ3) is 4.44. The fraction of sp³-hybridized carbons (Fsp3) is 0.348. The number of aryl methyl sites for hydroxylation is 1. The van der Waals surface area contributed by atoms with E-state index < -0.39 is 0 Å². The van der Waals surface area contributed by atoms with Crippen LogP contribution in [0, 0.1) is 6.92 Å². The van der Waals surface area contributed by atoms with E-state index in [-0.39, 0.29) is 18.6 Å². The smallest absolute Gasteiger partial charge is 0.253 e. The Hall–Kier alpha value is -2.83. The molecule has 0 aliphatic carbocycles. The molecule has 4 rings (SSSR count). The highest BCUT2D eigenvalue weighted by atomic mass is 16.3. The molecule has 29 heavy (non-hydrogen) atoms. The summed E-state index contributed by atoms with van der Waals surface area (Å²) in [6, 6.07) is 13.5. The van der Waals surface area contributed by atoms with Crippen LogP contribution in [-0.2, 0) is 6.54 Å². The lowest BCUT2D eigenvalue weighted by molar-refractivity contribution is 0.0394. The Morgan fingerprint density at radius 1 is 1.21 bits per heavy atom. The van der Waals surface area contributed by atoms with E-state index in [0.29, 0.717) is 25.1 Å². The highest BCUT2D eigenvalue weighted by molar-refractivity contribution is 5.95. The van der Waals surface area contributed by atoms with E-state index in [9.17, 15) is 9.90 Å². The number of aliphatic hydroxyl groups is 1. The van der Waals surface area contributed by atoms with Gasteiger partial charge in [-0.2, -0.15) is 0 Å². The van der Waals surface area contributed by atoms with Crippen LogP contribution in [-0.4, -0.2) is 53.1 Å². The number of amides is 1. The molecule has 0 bridgehead atoms. The summed E-state index contributed by atoms with van der Waals surface area (Å²) in [7, 11) is 0. The van der Waals surface area contributed by atoms with Gasteiger partial charge in [-0.25, -0.2) is 0 Å². The average Bonchev–Trinajstić information content (AvgIpc) is 3.41. The fourth-order valence-corrected chi connectivity index (χ4v) is 3.90. The van der Waals surface area contributed by atoms with Crippen LogP contribution in [0.3, 0.4) is 0 Å². The van der Waals surface area contributed by atoms with E-state index in [1.807, 2.05) is 54.3 Å². The standard InChI is InChI=1S/C23H26N2O4/c1-17-5-6-22(29-17)19-3-2-4-20(13-19)23(27)25-10-9-24(21(15-25)7-11-26)14-18-8-12-28-16-18/h2-6,8,12-13,16,21,26H,7,9-11,14-15H2,1H3. The van der Waals surface area contributed by atoms with Crippen LogP contribution in [0.4, 0.5) is 0 Å². The largest absolute Gasteiger partial charge is 0.472 e. The van der Waals surface area contributed by atoms with E-state index in [2.05, 4.69) is 4.90 Å². The van der Waals surface area contributed by atoms with E-state index in [4.69, 9.17) is 8.83 Å². The first-order chi connectivity index (χ1) is 14.1. The highest BCUT2D eigenvalue weighted by Crippen LogP contribution is 2.24. The predicted octanol–water partition coefficient (Wildman–Crippen LogP) is 3.56. The third-order valence-electron chi connectivity index (χ3n) is 5.45. The Morgan fingerprint density at radius 3 is 2.83 bits per heavy atom. The maximum Gasteiger partial charge on any atom is 0.253 e. The average molecular weight is 394 g/mol. The van der Waals surface area contributed by atoms with Crippen molar-refractivity contribution in [3.05, 3.63) is 71.9 Å². The van der Waals surface area contributed by atoms with Crippen LogP contribution in [0.15, 0.2) is 63.8 Å². The number of aliphatic hydroxyl groups excluding tert-OH is 1. The van der Waals surface area contributed by atoms with Crippen molar-refractivity contribution in [3.8, 4) is 11.3 Å². The number of furan rings is 2. The second-order valence-corrected chi connectivity index (χ2v) is 7.51. The summed E-state index contributed by atoms with van der Waals surface area (Å²) in [4.78, 5) is 17.4. The van der Waals surface area contributed by atoms with Crippen molar-refractivity contribution in [1.82, 2.24) is 9.80 Å². The lowest BCUT2D eigenvalue weighted by Crippen LogP contribution is -2.54. The van der Waals surface area contributed by atoms with Gasteiger partial charge in [0.1, 0.15) is 11.5 Å². The minimum atomic E-state index is 0.0148. The summed E-state index contributed by atoms with van der Waals surface area (Å²) in [5, 5.41) is 9.51. The number of carbonyl (C=O) groups is 1. The van der Waals surface area contributed by atoms with Gasteiger partial charge in [-0.05, 0) is 43.7 Å². The first-order valence-electron chi connectivity index (χ1n) is 9.96. The van der Waals surface area contributed by atoms with Gasteiger partial charge < -0.3 is 18.8 Å². The van der Waals surface area contributed by atoms with Crippen LogP contribution < -0.4 is 0 Å². The minimum Gasteiger partial charge on any atom is -0.472 e. The third-order valence-corrected chi connectivity index (χ3v) is 5.45. The molecule has 1 N–H and O–H groups in total. The van der Waals surface area contributed by atoms with Gasteiger partial charge in [-0.15, -0.1) is 0 Å². The fourth-order valence-electron chi connectivity index (χ4n) is 3.90. The molecule has 3 aromatic rings. The Labute approximate surface area is 170 Å². The zero-order valence-corrected chi connectivity index (χ0v) is 16.6. The first kappa shape index (κ1) is 19.5. The van der Waals surface area contributed by atoms with Gasteiger partial charge in [0.05, 0.1) is 12.5 Å². The summed E-state index contributed by atoms with van der Waals surface area (Å²) >= 11 is 0. The van der Waals surface area contributed by atoms with Crippen molar-refractivity contribution in [2.24, 2.45) is 0 Å². The first-order valence-corrected chi connectivity index (χ1v) is 9.96. The molecule has 3 heterocycles. The second-order valence-electron chi connectivity index (χ2n) is 7.51. The Bertz CT molecular complexity index is 947. The monoisotopic (exact) mass is 394 g/mol. The molecular formula is C23H26N2O4. The molecule has 152 valence electrons. The molecule has 0 spiro atoms. The Morgan fingerprint density at radius 2 is 2.10 bits per heavy atom. The second kappa shape index (κ2) is 8.68. The van der Waals surface area contributed by atoms with Gasteiger partial charge in [0.25, 0.3) is 5.91 Å². The van der Waals surface area contributed by atoms with Crippen molar-refractivity contribution in [3.63, 3.8) is 0 Å². The van der Waals surface area contributed by atoms with E-state index in [0.717, 1.165) is 35.7 Å². The molecule has 0 saturated carbocycles. The van der Waals surface area contributed by atoms with E-state index >= 15 is 0 Å². The van der Waals surface area contributed by atoms with E-state index in [1.54, 1.807) is 12.5 Å². The number of benzene rings is 1. The molecule has 1 aromatic carbocycles. The Balaban J connectivity index is 1.48. The normalized spacial score (nSPS) is 17.6. The number of hydrogen-bond donors (Lipinski definition) is 1. The molecular weight excluding hydrogens is 368 g/mol. The molecule has 6 nitrogen and oxygen atoms in total. The van der Waals surface area contributed by atoms with Gasteiger partial charge in [-0.1, -0.05) is 12.1 Å². The SMILES string of the molecule is Cc1ccc(-c2cccc(C(=O)N3CCN(Cc4ccoc4)C(CCO)C3)c2)o1. The number of rotatable bonds is 6. The zero-order chi connectivity index (χ0) is 20.2. The molecule has 1 aliphatic heterocycles. The summed E-state index contributed by atoms with van der Waals surface area (Å²) in [6.45, 7) is 4.78. The van der Waals surface area contributed by atoms with Gasteiger partial charge in [0.2, 0.25) is 0 Å². The molecule has 1 fully saturated rings. The minimum absolute atomic E-state index is 0.0148. The quantitative estimate of drug-likeness (QED) is 0.692. The molecule has 1 aliphatic rings. The van der Waals surface area contributed by atoms with Crippen molar-refractivity contribution in [1.29, 1.82) is 0 Å². The Kier molecular flexibility index (Phi) is 5.83. The van der Waals surface area contributed by atoms with Crippen molar-refractivity contribution in [2.75, 3.05) is 26.2 Å². The lowest BCUT2D eigenvalue weighted by Gasteiger charge is -2.41. The molecule has 1 amide bonds. The van der Waals surface area contributed by atoms with Gasteiger partial charge in [0.15, 0.2) is 0 Å². The molecule has 1 saturated heterocycles. The number of piperazine rings is 1. The summed E-state index contributed by atoms with van der Waals surface area (Å²) in [5.74, 6) is 1.62. The topological polar surface area (TPSA) is 70.1 Å². The number of nitrogens with zero attached hydrogens (tertiary/aromatic N) is 2. The van der Waals surface area contributed by atoms with Crippen LogP contribution in [0.25, 0.3) is 11.3 Å². The van der Waals surface area contributed by atoms with Crippen molar-refractivity contribution < 1.29 is 18.7 Å². The van der Waals surface area contributed by atoms with Crippen molar-refractivity contribution in [2.45, 2.75) is 25.9 Å². The molecule has 1 atom stereocenters. The van der Waals surface area contributed by atoms with Crippen LogP contribution >= 0.6 is 0 Å². The number of hydrogen-bond acceptors (Lipinski definition) is 5. The van der Waals surface area contributed by atoms with Gasteiger partial charge in [0, 0.05) is 55.5 Å². The lowest BCUT2D eigenvalue weighted by atomic mass is 10.0. The molecule has 1 unspecified atom stereocenters. The molecule has 6 heteroatoms. The van der Waals surface area contributed by atoms with Crippen molar-refractivity contribution >= 4 is 5.91 Å². The summed E-state index contributed by atoms with van der Waals surface area (Å²) in [6.07, 6.45) is 4.05.